The van der Waals surface area contributed by atoms with E-state index in [1.54, 1.807) is 0 Å². The van der Waals surface area contributed by atoms with E-state index in [4.69, 9.17) is 0 Å². The van der Waals surface area contributed by atoms with Crippen molar-refractivity contribution in [1.82, 2.24) is 20.9 Å². The van der Waals surface area contributed by atoms with Crippen LogP contribution in [-0.2, 0) is 9.59 Å². The number of piperazine rings is 1. The molecule has 2 amide bonds. The van der Waals surface area contributed by atoms with Gasteiger partial charge in [-0.15, -0.1) is 12.4 Å². The van der Waals surface area contributed by atoms with Crippen LogP contribution in [0.15, 0.2) is 0 Å². The van der Waals surface area contributed by atoms with Crippen LogP contribution in [0.5, 0.6) is 0 Å². The Bertz CT molecular complexity index is 339. The van der Waals surface area contributed by atoms with Gasteiger partial charge in [0.1, 0.15) is 0 Å². The quantitative estimate of drug-likeness (QED) is 0.588. The van der Waals surface area contributed by atoms with Gasteiger partial charge in [-0.1, -0.05) is 20.8 Å². The van der Waals surface area contributed by atoms with Crippen LogP contribution in [0, 0.1) is 5.41 Å². The highest BCUT2D eigenvalue weighted by Crippen LogP contribution is 2.11. The van der Waals surface area contributed by atoms with E-state index >= 15 is 0 Å². The highest BCUT2D eigenvalue weighted by molar-refractivity contribution is 5.85. The van der Waals surface area contributed by atoms with Crippen molar-refractivity contribution in [1.29, 1.82) is 0 Å². The van der Waals surface area contributed by atoms with Gasteiger partial charge in [-0.05, 0) is 13.0 Å². The highest BCUT2D eigenvalue weighted by Gasteiger charge is 2.20. The van der Waals surface area contributed by atoms with Crippen molar-refractivity contribution in [3.8, 4) is 0 Å². The average molecular weight is 335 g/mol. The van der Waals surface area contributed by atoms with Crippen molar-refractivity contribution in [2.75, 3.05) is 45.8 Å². The van der Waals surface area contributed by atoms with Gasteiger partial charge in [-0.2, -0.15) is 0 Å². The molecule has 3 N–H and O–H groups in total. The molecule has 0 spiro atoms. The van der Waals surface area contributed by atoms with Crippen molar-refractivity contribution in [3.63, 3.8) is 0 Å². The van der Waals surface area contributed by atoms with E-state index in [0.717, 1.165) is 39.1 Å². The molecule has 0 bridgehead atoms. The lowest BCUT2D eigenvalue weighted by Crippen LogP contribution is -2.44. The molecule has 0 aliphatic carbocycles. The normalized spacial score (nSPS) is 15.8. The molecule has 7 heteroatoms. The molecule has 1 heterocycles. The first-order valence-electron chi connectivity index (χ1n) is 7.87. The SMILES string of the molecule is CC(C)(C)C(=O)NCCC(=O)NCCCN1CCNCC1.Cl. The highest BCUT2D eigenvalue weighted by atomic mass is 35.5. The fourth-order valence-electron chi connectivity index (χ4n) is 2.11. The second-order valence-electron chi connectivity index (χ2n) is 6.55. The second-order valence-corrected chi connectivity index (χ2v) is 6.55. The van der Waals surface area contributed by atoms with Gasteiger partial charge in [0, 0.05) is 51.1 Å². The van der Waals surface area contributed by atoms with Crippen LogP contribution in [-0.4, -0.2) is 62.5 Å². The third-order valence-corrected chi connectivity index (χ3v) is 3.50. The number of nitrogens with one attached hydrogen (secondary N) is 3. The van der Waals surface area contributed by atoms with Crippen LogP contribution < -0.4 is 16.0 Å². The van der Waals surface area contributed by atoms with Gasteiger partial charge in [0.05, 0.1) is 0 Å². The number of hydrogen-bond acceptors (Lipinski definition) is 4. The minimum Gasteiger partial charge on any atom is -0.356 e. The Labute approximate surface area is 140 Å². The van der Waals surface area contributed by atoms with Crippen molar-refractivity contribution in [2.24, 2.45) is 5.41 Å². The third-order valence-electron chi connectivity index (χ3n) is 3.50. The van der Waals surface area contributed by atoms with Gasteiger partial charge in [-0.3, -0.25) is 9.59 Å². The molecule has 0 aromatic rings. The van der Waals surface area contributed by atoms with Crippen LogP contribution in [0.3, 0.4) is 0 Å². The molecular weight excluding hydrogens is 304 g/mol. The predicted octanol–water partition coefficient (Wildman–Crippen LogP) is 0.372. The van der Waals surface area contributed by atoms with Gasteiger partial charge in [0.15, 0.2) is 0 Å². The summed E-state index contributed by atoms with van der Waals surface area (Å²) in [7, 11) is 0. The van der Waals surface area contributed by atoms with E-state index in [9.17, 15) is 9.59 Å². The lowest BCUT2D eigenvalue weighted by Gasteiger charge is -2.27. The molecule has 1 aliphatic heterocycles. The van der Waals surface area contributed by atoms with E-state index in [1.807, 2.05) is 20.8 Å². The Balaban J connectivity index is 0.00000441. The molecule has 0 atom stereocenters. The van der Waals surface area contributed by atoms with Crippen molar-refractivity contribution in [3.05, 3.63) is 0 Å². The van der Waals surface area contributed by atoms with Crippen LogP contribution in [0.2, 0.25) is 0 Å². The zero-order valence-corrected chi connectivity index (χ0v) is 14.9. The summed E-state index contributed by atoms with van der Waals surface area (Å²) in [5.74, 6) is -0.0153. The summed E-state index contributed by atoms with van der Waals surface area (Å²) in [4.78, 5) is 25.7. The Kier molecular flexibility index (Phi) is 10.4. The molecule has 0 saturated carbocycles. The minimum atomic E-state index is -0.403. The lowest BCUT2D eigenvalue weighted by atomic mass is 9.96. The Hall–Kier alpha value is -0.850. The molecule has 0 aromatic heterocycles. The molecule has 22 heavy (non-hydrogen) atoms. The summed E-state index contributed by atoms with van der Waals surface area (Å²) in [6.07, 6.45) is 1.32. The maximum Gasteiger partial charge on any atom is 0.225 e. The fourth-order valence-corrected chi connectivity index (χ4v) is 2.11. The van der Waals surface area contributed by atoms with E-state index < -0.39 is 5.41 Å². The molecule has 0 unspecified atom stereocenters. The van der Waals surface area contributed by atoms with Crippen LogP contribution >= 0.6 is 12.4 Å². The molecule has 1 saturated heterocycles. The number of rotatable bonds is 7. The third kappa shape index (κ3) is 9.23. The summed E-state index contributed by atoms with van der Waals surface area (Å²) in [6.45, 7) is 12.0. The van der Waals surface area contributed by atoms with Gasteiger partial charge in [-0.25, -0.2) is 0 Å². The maximum absolute atomic E-state index is 11.6. The molecule has 0 aromatic carbocycles. The molecule has 130 valence electrons. The Morgan fingerprint density at radius 2 is 1.73 bits per heavy atom. The van der Waals surface area contributed by atoms with Gasteiger partial charge in [0.25, 0.3) is 0 Å². The van der Waals surface area contributed by atoms with E-state index in [-0.39, 0.29) is 24.2 Å². The molecule has 1 rings (SSSR count). The molecule has 0 radical (unpaired) electrons. The van der Waals surface area contributed by atoms with E-state index in [0.29, 0.717) is 19.5 Å². The molecule has 6 nitrogen and oxygen atoms in total. The summed E-state index contributed by atoms with van der Waals surface area (Å²) in [6, 6.07) is 0. The number of nitrogens with zero attached hydrogens (tertiary/aromatic N) is 1. The first kappa shape index (κ1) is 21.1. The van der Waals surface area contributed by atoms with Crippen molar-refractivity contribution < 1.29 is 9.59 Å². The smallest absolute Gasteiger partial charge is 0.225 e. The largest absolute Gasteiger partial charge is 0.356 e. The average Bonchev–Trinajstić information content (AvgIpc) is 2.43. The van der Waals surface area contributed by atoms with Crippen LogP contribution in [0.1, 0.15) is 33.6 Å². The number of carbonyl (C=O) groups excluding carboxylic acids is 2. The van der Waals surface area contributed by atoms with Gasteiger partial charge < -0.3 is 20.9 Å². The zero-order chi connectivity index (χ0) is 15.7. The van der Waals surface area contributed by atoms with E-state index in [2.05, 4.69) is 20.9 Å². The lowest BCUT2D eigenvalue weighted by molar-refractivity contribution is -0.128. The van der Waals surface area contributed by atoms with Crippen LogP contribution in [0.4, 0.5) is 0 Å². The van der Waals surface area contributed by atoms with E-state index in [1.165, 1.54) is 0 Å². The maximum atomic E-state index is 11.6. The number of hydrogen-bond donors (Lipinski definition) is 3. The summed E-state index contributed by atoms with van der Waals surface area (Å²) in [5, 5.41) is 9.00. The van der Waals surface area contributed by atoms with Crippen LogP contribution in [0.25, 0.3) is 0 Å². The summed E-state index contributed by atoms with van der Waals surface area (Å²) < 4.78 is 0. The standard InChI is InChI=1S/C15H30N4O2.ClH/c1-15(2,3)14(21)18-7-5-13(20)17-6-4-10-19-11-8-16-9-12-19;/h16H,4-12H2,1-3H3,(H,17,20)(H,18,21);1H. The molecule has 1 aliphatic rings. The first-order valence-corrected chi connectivity index (χ1v) is 7.87. The Morgan fingerprint density at radius 3 is 2.32 bits per heavy atom. The minimum absolute atomic E-state index is 0. The number of carbonyl (C=O) groups is 2. The fraction of sp³-hybridized carbons (Fsp3) is 0.867. The zero-order valence-electron chi connectivity index (χ0n) is 14.0. The Morgan fingerprint density at radius 1 is 1.09 bits per heavy atom. The molecular formula is C15H31ClN4O2. The number of amides is 2. The van der Waals surface area contributed by atoms with Gasteiger partial charge in [0.2, 0.25) is 11.8 Å². The first-order chi connectivity index (χ1) is 9.89. The van der Waals surface area contributed by atoms with Gasteiger partial charge >= 0.3 is 0 Å². The summed E-state index contributed by atoms with van der Waals surface area (Å²) in [5.41, 5.74) is -0.403. The topological polar surface area (TPSA) is 73.5 Å². The summed E-state index contributed by atoms with van der Waals surface area (Å²) >= 11 is 0. The second kappa shape index (κ2) is 10.8. The predicted molar refractivity (Wildman–Crippen MR) is 91.3 cm³/mol. The molecule has 1 fully saturated rings. The monoisotopic (exact) mass is 334 g/mol. The van der Waals surface area contributed by atoms with Crippen molar-refractivity contribution in [2.45, 2.75) is 33.6 Å². The van der Waals surface area contributed by atoms with Crippen molar-refractivity contribution >= 4 is 24.2 Å². The number of halogens is 1.